The van der Waals surface area contributed by atoms with Crippen molar-refractivity contribution < 1.29 is 9.47 Å². The fourth-order valence-electron chi connectivity index (χ4n) is 2.45. The molecule has 1 unspecified atom stereocenters. The number of aromatic nitrogens is 3. The van der Waals surface area contributed by atoms with Gasteiger partial charge in [-0.15, -0.1) is 10.2 Å². The van der Waals surface area contributed by atoms with E-state index in [9.17, 15) is 0 Å². The molecular weight excluding hydrogens is 308 g/mol. The van der Waals surface area contributed by atoms with Gasteiger partial charge in [-0.3, -0.25) is 0 Å². The monoisotopic (exact) mass is 338 g/mol. The van der Waals surface area contributed by atoms with Crippen LogP contribution in [0.2, 0.25) is 0 Å². The average molecular weight is 338 g/mol. The van der Waals surface area contributed by atoms with Crippen molar-refractivity contribution in [2.45, 2.75) is 45.8 Å². The van der Waals surface area contributed by atoms with E-state index < -0.39 is 0 Å². The van der Waals surface area contributed by atoms with Gasteiger partial charge in [-0.2, -0.15) is 0 Å². The molecule has 0 bridgehead atoms. The van der Waals surface area contributed by atoms with Gasteiger partial charge in [0.1, 0.15) is 12.4 Å². The van der Waals surface area contributed by atoms with Crippen LogP contribution >= 0.6 is 0 Å². The molecule has 2 rings (SSSR count). The van der Waals surface area contributed by atoms with Crippen molar-refractivity contribution in [3.8, 4) is 0 Å². The van der Waals surface area contributed by atoms with Crippen LogP contribution in [0.3, 0.4) is 0 Å². The largest absolute Gasteiger partial charge is 0.382 e. The van der Waals surface area contributed by atoms with E-state index in [1.807, 2.05) is 25.5 Å². The summed E-state index contributed by atoms with van der Waals surface area (Å²) in [5.41, 5.74) is 0. The first kappa shape index (κ1) is 18.7. The van der Waals surface area contributed by atoms with Crippen molar-refractivity contribution >= 4 is 5.96 Å². The van der Waals surface area contributed by atoms with Crippen molar-refractivity contribution in [1.82, 2.24) is 25.4 Å². The summed E-state index contributed by atoms with van der Waals surface area (Å²) in [7, 11) is 1.95. The Morgan fingerprint density at radius 3 is 2.96 bits per heavy atom. The maximum absolute atomic E-state index is 5.65. The Kier molecular flexibility index (Phi) is 7.97. The van der Waals surface area contributed by atoms with Crippen molar-refractivity contribution in [1.29, 1.82) is 0 Å². The van der Waals surface area contributed by atoms with Crippen LogP contribution in [0.5, 0.6) is 0 Å². The second kappa shape index (κ2) is 10.2. The number of aryl methyl sites for hydroxylation is 1. The highest BCUT2D eigenvalue weighted by atomic mass is 16.5. The van der Waals surface area contributed by atoms with Gasteiger partial charge in [0.05, 0.1) is 6.10 Å². The van der Waals surface area contributed by atoms with Crippen LogP contribution in [0.15, 0.2) is 4.99 Å². The van der Waals surface area contributed by atoms with Crippen molar-refractivity contribution in [3.63, 3.8) is 0 Å². The van der Waals surface area contributed by atoms with Gasteiger partial charge < -0.3 is 24.7 Å². The molecule has 1 saturated heterocycles. The maximum atomic E-state index is 5.65. The summed E-state index contributed by atoms with van der Waals surface area (Å²) >= 11 is 0. The molecule has 136 valence electrons. The van der Waals surface area contributed by atoms with Gasteiger partial charge in [0.2, 0.25) is 0 Å². The first-order valence-electron chi connectivity index (χ1n) is 8.77. The molecular formula is C16H30N6O2. The van der Waals surface area contributed by atoms with E-state index in [1.165, 1.54) is 0 Å². The Morgan fingerprint density at radius 2 is 2.29 bits per heavy atom. The van der Waals surface area contributed by atoms with E-state index in [4.69, 9.17) is 9.47 Å². The van der Waals surface area contributed by atoms with Crippen LogP contribution in [-0.2, 0) is 23.1 Å². The number of nitrogens with zero attached hydrogens (tertiary/aromatic N) is 4. The smallest absolute Gasteiger partial charge is 0.191 e. The van der Waals surface area contributed by atoms with E-state index in [-0.39, 0.29) is 6.10 Å². The molecule has 8 nitrogen and oxygen atoms in total. The van der Waals surface area contributed by atoms with Crippen LogP contribution in [0.4, 0.5) is 0 Å². The quantitative estimate of drug-likeness (QED) is 0.393. The third-order valence-electron chi connectivity index (χ3n) is 4.04. The van der Waals surface area contributed by atoms with Gasteiger partial charge in [0.25, 0.3) is 0 Å². The highest BCUT2D eigenvalue weighted by molar-refractivity contribution is 5.79. The van der Waals surface area contributed by atoms with Gasteiger partial charge in [-0.25, -0.2) is 4.99 Å². The van der Waals surface area contributed by atoms with Gasteiger partial charge in [0, 0.05) is 40.0 Å². The number of aliphatic imine (C=N–C) groups is 1. The van der Waals surface area contributed by atoms with Crippen molar-refractivity contribution in [2.75, 3.05) is 32.9 Å². The second-order valence-corrected chi connectivity index (χ2v) is 5.88. The Morgan fingerprint density at radius 1 is 1.42 bits per heavy atom. The normalized spacial score (nSPS) is 18.1. The summed E-state index contributed by atoms with van der Waals surface area (Å²) in [6, 6.07) is 0. The lowest BCUT2D eigenvalue weighted by atomic mass is 10.2. The van der Waals surface area contributed by atoms with Crippen LogP contribution in [0.25, 0.3) is 0 Å². The highest BCUT2D eigenvalue weighted by Crippen LogP contribution is 2.10. The Balaban J connectivity index is 1.84. The fourth-order valence-corrected chi connectivity index (χ4v) is 2.45. The molecule has 1 atom stereocenters. The van der Waals surface area contributed by atoms with Gasteiger partial charge in [0.15, 0.2) is 11.8 Å². The standard InChI is InChI=1S/C16H30N6O2/c1-4-23-9-6-8-17-16(18-11-14-7-5-10-24-14)19-12-15-21-20-13(2)22(15)3/h14H,4-12H2,1-3H3,(H2,17,18,19). The molecule has 0 radical (unpaired) electrons. The van der Waals surface area contributed by atoms with Crippen LogP contribution in [0, 0.1) is 6.92 Å². The van der Waals surface area contributed by atoms with Gasteiger partial charge in [-0.05, 0) is 33.1 Å². The molecule has 0 aromatic carbocycles. The number of nitrogens with one attached hydrogen (secondary N) is 2. The zero-order chi connectivity index (χ0) is 17.2. The zero-order valence-corrected chi connectivity index (χ0v) is 15.0. The van der Waals surface area contributed by atoms with Crippen LogP contribution in [0.1, 0.15) is 37.8 Å². The summed E-state index contributed by atoms with van der Waals surface area (Å²) in [5, 5.41) is 14.9. The minimum absolute atomic E-state index is 0.275. The van der Waals surface area contributed by atoms with E-state index in [0.29, 0.717) is 6.54 Å². The fraction of sp³-hybridized carbons (Fsp3) is 0.812. The zero-order valence-electron chi connectivity index (χ0n) is 15.0. The number of hydrogen-bond donors (Lipinski definition) is 2. The van der Waals surface area contributed by atoms with E-state index in [1.54, 1.807) is 0 Å². The molecule has 24 heavy (non-hydrogen) atoms. The van der Waals surface area contributed by atoms with Gasteiger partial charge >= 0.3 is 0 Å². The average Bonchev–Trinajstić information content (AvgIpc) is 3.21. The summed E-state index contributed by atoms with van der Waals surface area (Å²) in [4.78, 5) is 4.62. The van der Waals surface area contributed by atoms with Crippen molar-refractivity contribution in [3.05, 3.63) is 11.6 Å². The van der Waals surface area contributed by atoms with E-state index in [0.717, 1.165) is 69.8 Å². The van der Waals surface area contributed by atoms with Crippen molar-refractivity contribution in [2.24, 2.45) is 12.0 Å². The topological polar surface area (TPSA) is 85.6 Å². The first-order valence-corrected chi connectivity index (χ1v) is 8.77. The molecule has 1 fully saturated rings. The van der Waals surface area contributed by atoms with E-state index >= 15 is 0 Å². The molecule has 2 heterocycles. The molecule has 1 aliphatic rings. The lowest BCUT2D eigenvalue weighted by molar-refractivity contribution is 0.113. The third kappa shape index (κ3) is 6.09. The molecule has 0 amide bonds. The lowest BCUT2D eigenvalue weighted by Crippen LogP contribution is -2.41. The third-order valence-corrected chi connectivity index (χ3v) is 4.04. The molecule has 1 aromatic rings. The number of ether oxygens (including phenoxy) is 2. The predicted octanol–water partition coefficient (Wildman–Crippen LogP) is 0.764. The Hall–Kier alpha value is -1.67. The molecule has 0 spiro atoms. The molecule has 0 saturated carbocycles. The Labute approximate surface area is 144 Å². The molecule has 0 aliphatic carbocycles. The summed E-state index contributed by atoms with van der Waals surface area (Å²) < 4.78 is 13.0. The van der Waals surface area contributed by atoms with E-state index in [2.05, 4.69) is 25.8 Å². The lowest BCUT2D eigenvalue weighted by Gasteiger charge is -2.15. The minimum atomic E-state index is 0.275. The van der Waals surface area contributed by atoms with Gasteiger partial charge in [-0.1, -0.05) is 0 Å². The Bertz CT molecular complexity index is 511. The highest BCUT2D eigenvalue weighted by Gasteiger charge is 2.15. The minimum Gasteiger partial charge on any atom is -0.382 e. The SMILES string of the molecule is CCOCCCNC(=NCc1nnc(C)n1C)NCC1CCCO1. The summed E-state index contributed by atoms with van der Waals surface area (Å²) in [5.74, 6) is 2.52. The molecule has 1 aromatic heterocycles. The maximum Gasteiger partial charge on any atom is 0.191 e. The van der Waals surface area contributed by atoms with Crippen LogP contribution < -0.4 is 10.6 Å². The predicted molar refractivity (Wildman–Crippen MR) is 93.0 cm³/mol. The second-order valence-electron chi connectivity index (χ2n) is 5.88. The number of guanidine groups is 1. The molecule has 1 aliphatic heterocycles. The summed E-state index contributed by atoms with van der Waals surface area (Å²) in [6.07, 6.45) is 3.46. The summed E-state index contributed by atoms with van der Waals surface area (Å²) in [6.45, 7) is 8.39. The molecule has 8 heteroatoms. The number of hydrogen-bond acceptors (Lipinski definition) is 5. The number of rotatable bonds is 9. The first-order chi connectivity index (χ1) is 11.7. The molecule has 2 N–H and O–H groups in total. The van der Waals surface area contributed by atoms with Crippen LogP contribution in [-0.4, -0.2) is 59.7 Å².